The van der Waals surface area contributed by atoms with Crippen LogP contribution in [-0.2, 0) is 0 Å². The number of nitrogens with zero attached hydrogens (tertiary/aromatic N) is 1. The van der Waals surface area contributed by atoms with Crippen molar-refractivity contribution in [3.05, 3.63) is 54.1 Å². The van der Waals surface area contributed by atoms with E-state index in [0.717, 1.165) is 31.6 Å². The van der Waals surface area contributed by atoms with Gasteiger partial charge in [0.2, 0.25) is 0 Å². The van der Waals surface area contributed by atoms with Crippen molar-refractivity contribution in [2.75, 3.05) is 20.2 Å². The van der Waals surface area contributed by atoms with Crippen molar-refractivity contribution in [3.63, 3.8) is 0 Å². The first-order chi connectivity index (χ1) is 11.3. The molecule has 0 spiro atoms. The summed E-state index contributed by atoms with van der Waals surface area (Å²) in [6.45, 7) is 1.88. The van der Waals surface area contributed by atoms with Crippen LogP contribution in [0.1, 0.15) is 24.6 Å². The lowest BCUT2D eigenvalue weighted by atomic mass is 9.91. The van der Waals surface area contributed by atoms with Gasteiger partial charge in [0.25, 0.3) is 0 Å². The summed E-state index contributed by atoms with van der Waals surface area (Å²) in [5.41, 5.74) is 0.854. The summed E-state index contributed by atoms with van der Waals surface area (Å²) in [6, 6.07) is 10.1. The van der Waals surface area contributed by atoms with E-state index in [1.54, 1.807) is 19.4 Å². The van der Waals surface area contributed by atoms with Crippen molar-refractivity contribution < 1.29 is 13.9 Å². The summed E-state index contributed by atoms with van der Waals surface area (Å²) in [4.78, 5) is 4.44. The van der Waals surface area contributed by atoms with E-state index >= 15 is 0 Å². The third kappa shape index (κ3) is 3.79. The van der Waals surface area contributed by atoms with Crippen LogP contribution in [0.15, 0.2) is 42.6 Å². The molecule has 2 heterocycles. The van der Waals surface area contributed by atoms with Gasteiger partial charge in [-0.3, -0.25) is 4.98 Å². The van der Waals surface area contributed by atoms with Gasteiger partial charge in [-0.25, -0.2) is 4.39 Å². The van der Waals surface area contributed by atoms with E-state index in [-0.39, 0.29) is 17.8 Å². The molecular formula is C18H21FN2O2. The predicted molar refractivity (Wildman–Crippen MR) is 86.2 cm³/mol. The van der Waals surface area contributed by atoms with Crippen molar-refractivity contribution >= 4 is 0 Å². The Kier molecular flexibility index (Phi) is 5.08. The zero-order valence-corrected chi connectivity index (χ0v) is 13.2. The third-order valence-electron chi connectivity index (χ3n) is 4.12. The first kappa shape index (κ1) is 15.7. The van der Waals surface area contributed by atoms with Crippen LogP contribution in [0.25, 0.3) is 0 Å². The van der Waals surface area contributed by atoms with E-state index in [9.17, 15) is 4.39 Å². The molecule has 122 valence electrons. The lowest BCUT2D eigenvalue weighted by molar-refractivity contribution is 0.108. The number of piperidine rings is 1. The van der Waals surface area contributed by atoms with Crippen LogP contribution < -0.4 is 14.8 Å². The van der Waals surface area contributed by atoms with Crippen LogP contribution in [0.2, 0.25) is 0 Å². The number of methoxy groups -OCH3 is 1. The number of rotatable bonds is 5. The second-order valence-electron chi connectivity index (χ2n) is 5.69. The maximum absolute atomic E-state index is 13.6. The summed E-state index contributed by atoms with van der Waals surface area (Å²) in [7, 11) is 1.55. The quantitative estimate of drug-likeness (QED) is 0.919. The monoisotopic (exact) mass is 316 g/mol. The molecule has 2 atom stereocenters. The number of aromatic nitrogens is 1. The molecule has 1 saturated heterocycles. The highest BCUT2D eigenvalue weighted by Gasteiger charge is 2.28. The number of benzene rings is 1. The van der Waals surface area contributed by atoms with Gasteiger partial charge in [0.05, 0.1) is 12.8 Å². The van der Waals surface area contributed by atoms with Crippen LogP contribution in [0.5, 0.6) is 11.5 Å². The topological polar surface area (TPSA) is 43.4 Å². The zero-order valence-electron chi connectivity index (χ0n) is 13.2. The summed E-state index contributed by atoms with van der Waals surface area (Å²) >= 11 is 0. The SMILES string of the molecule is COc1ccc(F)cc1OC(c1ccccn1)C1CCCNC1. The third-order valence-corrected chi connectivity index (χ3v) is 4.12. The molecule has 1 aliphatic heterocycles. The molecular weight excluding hydrogens is 295 g/mol. The molecule has 2 unspecified atom stereocenters. The summed E-state index contributed by atoms with van der Waals surface area (Å²) in [5.74, 6) is 0.874. The van der Waals surface area contributed by atoms with Gasteiger partial charge in [0.1, 0.15) is 11.9 Å². The minimum absolute atomic E-state index is 0.236. The van der Waals surface area contributed by atoms with Gasteiger partial charge in [0, 0.05) is 24.7 Å². The average molecular weight is 316 g/mol. The van der Waals surface area contributed by atoms with Crippen LogP contribution in [0.4, 0.5) is 4.39 Å². The number of hydrogen-bond acceptors (Lipinski definition) is 4. The fraction of sp³-hybridized carbons (Fsp3) is 0.389. The number of ether oxygens (including phenoxy) is 2. The van der Waals surface area contributed by atoms with Crippen molar-refractivity contribution in [3.8, 4) is 11.5 Å². The standard InChI is InChI=1S/C18H21FN2O2/c1-22-16-8-7-14(19)11-17(16)23-18(13-5-4-9-20-12-13)15-6-2-3-10-21-15/h2-3,6-8,10-11,13,18,20H,4-5,9,12H2,1H3. The Labute approximate surface area is 135 Å². The maximum atomic E-state index is 13.6. The molecule has 0 radical (unpaired) electrons. The van der Waals surface area contributed by atoms with Crippen LogP contribution in [0.3, 0.4) is 0 Å². The summed E-state index contributed by atoms with van der Waals surface area (Å²) in [6.07, 6.45) is 3.66. The fourth-order valence-electron chi connectivity index (χ4n) is 2.96. The highest BCUT2D eigenvalue weighted by atomic mass is 19.1. The molecule has 0 bridgehead atoms. The zero-order chi connectivity index (χ0) is 16.1. The molecule has 3 rings (SSSR count). The van der Waals surface area contributed by atoms with Gasteiger partial charge in [0.15, 0.2) is 11.5 Å². The molecule has 0 aliphatic carbocycles. The molecule has 1 aromatic carbocycles. The molecule has 1 fully saturated rings. The van der Waals surface area contributed by atoms with Crippen molar-refractivity contribution in [1.29, 1.82) is 0 Å². The molecule has 1 aliphatic rings. The molecule has 0 amide bonds. The normalized spacial score (nSPS) is 19.1. The fourth-order valence-corrected chi connectivity index (χ4v) is 2.96. The van der Waals surface area contributed by atoms with E-state index < -0.39 is 0 Å². The van der Waals surface area contributed by atoms with Gasteiger partial charge < -0.3 is 14.8 Å². The molecule has 1 aromatic heterocycles. The van der Waals surface area contributed by atoms with E-state index in [1.807, 2.05) is 18.2 Å². The number of pyridine rings is 1. The van der Waals surface area contributed by atoms with Gasteiger partial charge in [-0.1, -0.05) is 6.07 Å². The van der Waals surface area contributed by atoms with Crippen LogP contribution in [-0.4, -0.2) is 25.2 Å². The second kappa shape index (κ2) is 7.42. The summed E-state index contributed by atoms with van der Waals surface area (Å²) in [5, 5.41) is 3.40. The Morgan fingerprint density at radius 3 is 2.87 bits per heavy atom. The van der Waals surface area contributed by atoms with E-state index in [1.165, 1.54) is 12.1 Å². The lowest BCUT2D eigenvalue weighted by Gasteiger charge is -2.31. The molecule has 5 heteroatoms. The number of hydrogen-bond donors (Lipinski definition) is 1. The van der Waals surface area contributed by atoms with Crippen LogP contribution >= 0.6 is 0 Å². The molecule has 23 heavy (non-hydrogen) atoms. The van der Waals surface area contributed by atoms with Gasteiger partial charge in [-0.05, 0) is 43.7 Å². The van der Waals surface area contributed by atoms with E-state index in [0.29, 0.717) is 11.5 Å². The molecule has 0 saturated carbocycles. The minimum atomic E-state index is -0.345. The Balaban J connectivity index is 1.91. The highest BCUT2D eigenvalue weighted by molar-refractivity contribution is 5.40. The molecule has 1 N–H and O–H groups in total. The van der Waals surface area contributed by atoms with E-state index in [4.69, 9.17) is 9.47 Å². The minimum Gasteiger partial charge on any atom is -0.493 e. The Morgan fingerprint density at radius 2 is 2.17 bits per heavy atom. The maximum Gasteiger partial charge on any atom is 0.165 e. The summed E-state index contributed by atoms with van der Waals surface area (Å²) < 4.78 is 25.1. The number of halogens is 1. The molecule has 2 aromatic rings. The van der Waals surface area contributed by atoms with Gasteiger partial charge >= 0.3 is 0 Å². The largest absolute Gasteiger partial charge is 0.493 e. The Morgan fingerprint density at radius 1 is 1.26 bits per heavy atom. The van der Waals surface area contributed by atoms with Crippen molar-refractivity contribution in [1.82, 2.24) is 10.3 Å². The first-order valence-corrected chi connectivity index (χ1v) is 7.90. The second-order valence-corrected chi connectivity index (χ2v) is 5.69. The van der Waals surface area contributed by atoms with Crippen molar-refractivity contribution in [2.45, 2.75) is 18.9 Å². The van der Waals surface area contributed by atoms with E-state index in [2.05, 4.69) is 10.3 Å². The molecule has 4 nitrogen and oxygen atoms in total. The van der Waals surface area contributed by atoms with Gasteiger partial charge in [-0.15, -0.1) is 0 Å². The lowest BCUT2D eigenvalue weighted by Crippen LogP contribution is -2.35. The highest BCUT2D eigenvalue weighted by Crippen LogP contribution is 2.36. The first-order valence-electron chi connectivity index (χ1n) is 7.90. The Hall–Kier alpha value is -2.14. The average Bonchev–Trinajstić information content (AvgIpc) is 2.61. The van der Waals surface area contributed by atoms with Crippen LogP contribution in [0, 0.1) is 11.7 Å². The Bertz CT molecular complexity index is 630. The van der Waals surface area contributed by atoms with Crippen molar-refractivity contribution in [2.24, 2.45) is 5.92 Å². The number of nitrogens with one attached hydrogen (secondary N) is 1. The smallest absolute Gasteiger partial charge is 0.165 e. The van der Waals surface area contributed by atoms with Gasteiger partial charge in [-0.2, -0.15) is 0 Å². The predicted octanol–water partition coefficient (Wildman–Crippen LogP) is 3.35.